The summed E-state index contributed by atoms with van der Waals surface area (Å²) in [5, 5.41) is 17.1. The summed E-state index contributed by atoms with van der Waals surface area (Å²) < 4.78 is 5.04. The predicted molar refractivity (Wildman–Crippen MR) is 75.1 cm³/mol. The van der Waals surface area contributed by atoms with Crippen molar-refractivity contribution < 1.29 is 14.7 Å². The first-order valence-electron chi connectivity index (χ1n) is 6.33. The fourth-order valence-electron chi connectivity index (χ4n) is 1.91. The SMILES string of the molecule is COc1ccc(NC(=O)NC(C(N)=NO)C2CC2)cc1. The molecule has 2 amide bonds. The van der Waals surface area contributed by atoms with Gasteiger partial charge in [-0.3, -0.25) is 0 Å². The van der Waals surface area contributed by atoms with Crippen LogP contribution in [-0.4, -0.2) is 30.2 Å². The Morgan fingerprint density at radius 2 is 2.10 bits per heavy atom. The largest absolute Gasteiger partial charge is 0.497 e. The van der Waals surface area contributed by atoms with Gasteiger partial charge in [-0.2, -0.15) is 0 Å². The number of urea groups is 1. The van der Waals surface area contributed by atoms with Crippen LogP contribution < -0.4 is 21.1 Å². The van der Waals surface area contributed by atoms with Crippen LogP contribution in [0.15, 0.2) is 29.4 Å². The highest BCUT2D eigenvalue weighted by molar-refractivity contribution is 5.95. The van der Waals surface area contributed by atoms with Crippen LogP contribution in [-0.2, 0) is 0 Å². The number of rotatable bonds is 5. The van der Waals surface area contributed by atoms with E-state index in [1.54, 1.807) is 31.4 Å². The highest BCUT2D eigenvalue weighted by atomic mass is 16.5. The fraction of sp³-hybridized carbons (Fsp3) is 0.385. The standard InChI is InChI=1S/C13H18N4O3/c1-20-10-6-4-9(5-7-10)15-13(18)16-11(8-2-3-8)12(14)17-19/h4-8,11,19H,2-3H2,1H3,(H2,14,17)(H2,15,16,18). The van der Waals surface area contributed by atoms with Crippen LogP contribution in [0.4, 0.5) is 10.5 Å². The average Bonchev–Trinajstić information content (AvgIpc) is 3.29. The van der Waals surface area contributed by atoms with Gasteiger partial charge in [0.25, 0.3) is 0 Å². The quantitative estimate of drug-likeness (QED) is 0.282. The number of hydrogen-bond donors (Lipinski definition) is 4. The number of nitrogens with two attached hydrogens (primary N) is 1. The van der Waals surface area contributed by atoms with E-state index >= 15 is 0 Å². The van der Waals surface area contributed by atoms with Crippen molar-refractivity contribution in [2.75, 3.05) is 12.4 Å². The molecule has 5 N–H and O–H groups in total. The number of benzene rings is 1. The van der Waals surface area contributed by atoms with Gasteiger partial charge in [0.05, 0.1) is 13.2 Å². The van der Waals surface area contributed by atoms with E-state index in [2.05, 4.69) is 15.8 Å². The minimum Gasteiger partial charge on any atom is -0.497 e. The van der Waals surface area contributed by atoms with Crippen LogP contribution in [0.2, 0.25) is 0 Å². The van der Waals surface area contributed by atoms with Crippen LogP contribution >= 0.6 is 0 Å². The Morgan fingerprint density at radius 3 is 2.60 bits per heavy atom. The summed E-state index contributed by atoms with van der Waals surface area (Å²) in [7, 11) is 1.58. The van der Waals surface area contributed by atoms with Gasteiger partial charge in [-0.15, -0.1) is 0 Å². The molecule has 0 heterocycles. The summed E-state index contributed by atoms with van der Waals surface area (Å²) in [4.78, 5) is 11.9. The maximum Gasteiger partial charge on any atom is 0.319 e. The predicted octanol–water partition coefficient (Wildman–Crippen LogP) is 1.34. The third-order valence-corrected chi connectivity index (χ3v) is 3.16. The Kier molecular flexibility index (Phi) is 4.29. The first-order valence-corrected chi connectivity index (χ1v) is 6.33. The molecule has 1 aromatic carbocycles. The van der Waals surface area contributed by atoms with E-state index in [0.29, 0.717) is 11.4 Å². The lowest BCUT2D eigenvalue weighted by molar-refractivity contribution is 0.249. The second kappa shape index (κ2) is 6.14. The zero-order valence-corrected chi connectivity index (χ0v) is 11.2. The monoisotopic (exact) mass is 278 g/mol. The van der Waals surface area contributed by atoms with Gasteiger partial charge in [-0.05, 0) is 43.0 Å². The number of nitrogens with zero attached hydrogens (tertiary/aromatic N) is 1. The lowest BCUT2D eigenvalue weighted by atomic mass is 10.2. The lowest BCUT2D eigenvalue weighted by Crippen LogP contribution is -2.47. The molecule has 1 unspecified atom stereocenters. The third-order valence-electron chi connectivity index (χ3n) is 3.16. The topological polar surface area (TPSA) is 109 Å². The van der Waals surface area contributed by atoms with Crippen molar-refractivity contribution >= 4 is 17.6 Å². The number of carbonyl (C=O) groups excluding carboxylic acids is 1. The Morgan fingerprint density at radius 1 is 1.45 bits per heavy atom. The van der Waals surface area contributed by atoms with Crippen molar-refractivity contribution in [2.24, 2.45) is 16.8 Å². The van der Waals surface area contributed by atoms with Crippen molar-refractivity contribution in [1.29, 1.82) is 0 Å². The molecule has 1 aliphatic rings. The molecule has 0 bridgehead atoms. The van der Waals surface area contributed by atoms with Crippen LogP contribution in [0.1, 0.15) is 12.8 Å². The Bertz CT molecular complexity index is 497. The van der Waals surface area contributed by atoms with Crippen LogP contribution in [0.5, 0.6) is 5.75 Å². The summed E-state index contributed by atoms with van der Waals surface area (Å²) >= 11 is 0. The van der Waals surface area contributed by atoms with Crippen LogP contribution in [0.25, 0.3) is 0 Å². The van der Waals surface area contributed by atoms with Crippen LogP contribution in [0, 0.1) is 5.92 Å². The third kappa shape index (κ3) is 3.53. The van der Waals surface area contributed by atoms with Crippen molar-refractivity contribution in [3.63, 3.8) is 0 Å². The first-order chi connectivity index (χ1) is 9.63. The van der Waals surface area contributed by atoms with Gasteiger partial charge in [-0.1, -0.05) is 5.16 Å². The highest BCUT2D eigenvalue weighted by Gasteiger charge is 2.35. The minimum atomic E-state index is -0.432. The number of ether oxygens (including phenoxy) is 1. The lowest BCUT2D eigenvalue weighted by Gasteiger charge is -2.17. The normalized spacial score (nSPS) is 16.4. The molecule has 1 aliphatic carbocycles. The molecule has 2 rings (SSSR count). The van der Waals surface area contributed by atoms with Gasteiger partial charge in [0.1, 0.15) is 5.75 Å². The average molecular weight is 278 g/mol. The number of anilines is 1. The number of oxime groups is 1. The Labute approximate surface area is 116 Å². The molecular formula is C13H18N4O3. The van der Waals surface area contributed by atoms with E-state index in [9.17, 15) is 4.79 Å². The summed E-state index contributed by atoms with van der Waals surface area (Å²) in [5.74, 6) is 0.980. The molecule has 1 fully saturated rings. The fourth-order valence-corrected chi connectivity index (χ4v) is 1.91. The van der Waals surface area contributed by atoms with Gasteiger partial charge in [-0.25, -0.2) is 4.79 Å². The van der Waals surface area contributed by atoms with Crippen molar-refractivity contribution in [3.8, 4) is 5.75 Å². The molecule has 0 saturated heterocycles. The molecule has 0 aromatic heterocycles. The smallest absolute Gasteiger partial charge is 0.319 e. The summed E-state index contributed by atoms with van der Waals surface area (Å²) in [6.07, 6.45) is 1.92. The van der Waals surface area contributed by atoms with E-state index in [4.69, 9.17) is 15.7 Å². The van der Waals surface area contributed by atoms with Crippen molar-refractivity contribution in [1.82, 2.24) is 5.32 Å². The zero-order valence-electron chi connectivity index (χ0n) is 11.2. The summed E-state index contributed by atoms with van der Waals surface area (Å²) in [6.45, 7) is 0. The molecule has 108 valence electrons. The Balaban J connectivity index is 1.93. The van der Waals surface area contributed by atoms with Crippen LogP contribution in [0.3, 0.4) is 0 Å². The number of methoxy groups -OCH3 is 1. The van der Waals surface area contributed by atoms with E-state index in [1.807, 2.05) is 0 Å². The summed E-state index contributed by atoms with van der Waals surface area (Å²) in [5.41, 5.74) is 6.22. The molecule has 1 saturated carbocycles. The first kappa shape index (κ1) is 14.0. The number of carbonyl (C=O) groups is 1. The molecule has 7 heteroatoms. The van der Waals surface area contributed by atoms with E-state index < -0.39 is 12.1 Å². The Hall–Kier alpha value is -2.44. The maximum absolute atomic E-state index is 11.9. The molecular weight excluding hydrogens is 260 g/mol. The minimum absolute atomic E-state index is 0.0254. The second-order valence-electron chi connectivity index (χ2n) is 4.67. The van der Waals surface area contributed by atoms with E-state index in [0.717, 1.165) is 12.8 Å². The molecule has 0 spiro atoms. The van der Waals surface area contributed by atoms with E-state index in [1.165, 1.54) is 0 Å². The molecule has 0 radical (unpaired) electrons. The van der Waals surface area contributed by atoms with Gasteiger partial charge in [0.15, 0.2) is 5.84 Å². The van der Waals surface area contributed by atoms with Crippen molar-refractivity contribution in [2.45, 2.75) is 18.9 Å². The molecule has 1 aromatic rings. The van der Waals surface area contributed by atoms with Gasteiger partial charge in [0, 0.05) is 5.69 Å². The number of nitrogens with one attached hydrogen (secondary N) is 2. The molecule has 0 aliphatic heterocycles. The van der Waals surface area contributed by atoms with Gasteiger partial charge < -0.3 is 26.3 Å². The summed E-state index contributed by atoms with van der Waals surface area (Å²) in [6, 6.07) is 6.13. The zero-order chi connectivity index (χ0) is 14.5. The van der Waals surface area contributed by atoms with E-state index in [-0.39, 0.29) is 11.8 Å². The number of amidine groups is 1. The van der Waals surface area contributed by atoms with Gasteiger partial charge in [0.2, 0.25) is 0 Å². The molecule has 7 nitrogen and oxygen atoms in total. The van der Waals surface area contributed by atoms with Gasteiger partial charge >= 0.3 is 6.03 Å². The highest BCUT2D eigenvalue weighted by Crippen LogP contribution is 2.32. The molecule has 20 heavy (non-hydrogen) atoms. The molecule has 1 atom stereocenters. The van der Waals surface area contributed by atoms with Crippen molar-refractivity contribution in [3.05, 3.63) is 24.3 Å². The maximum atomic E-state index is 11.9. The number of hydrogen-bond acceptors (Lipinski definition) is 4. The second-order valence-corrected chi connectivity index (χ2v) is 4.67. The number of amides is 2.